The lowest BCUT2D eigenvalue weighted by Crippen LogP contribution is -2.42. The third-order valence-electron chi connectivity index (χ3n) is 6.05. The molecule has 2 aliphatic rings. The fourth-order valence-corrected chi connectivity index (χ4v) is 4.42. The van der Waals surface area contributed by atoms with Crippen LogP contribution in [0.3, 0.4) is 0 Å². The van der Waals surface area contributed by atoms with Crippen LogP contribution < -0.4 is 15.4 Å². The molecule has 0 radical (unpaired) electrons. The van der Waals surface area contributed by atoms with E-state index >= 15 is 0 Å². The Bertz CT molecular complexity index is 1070. The predicted octanol–water partition coefficient (Wildman–Crippen LogP) is 1.44. The minimum Gasteiger partial charge on any atom is -0.481 e. The van der Waals surface area contributed by atoms with Gasteiger partial charge in [-0.2, -0.15) is 9.97 Å². The zero-order valence-corrected chi connectivity index (χ0v) is 17.6. The largest absolute Gasteiger partial charge is 0.481 e. The second kappa shape index (κ2) is 8.38. The number of hydrogen-bond donors (Lipinski definition) is 1. The Labute approximate surface area is 175 Å². The summed E-state index contributed by atoms with van der Waals surface area (Å²) >= 11 is 0. The molecule has 2 saturated heterocycles. The zero-order chi connectivity index (χ0) is 21.3. The number of aromatic nitrogens is 4. The lowest BCUT2D eigenvalue weighted by molar-refractivity contribution is -0.141. The number of aliphatic carboxylic acids is 1. The molecule has 9 nitrogen and oxygen atoms in total. The van der Waals surface area contributed by atoms with Gasteiger partial charge in [0.15, 0.2) is 11.2 Å². The van der Waals surface area contributed by atoms with Crippen molar-refractivity contribution in [3.05, 3.63) is 10.4 Å². The van der Waals surface area contributed by atoms with Gasteiger partial charge in [-0.15, -0.1) is 5.92 Å². The van der Waals surface area contributed by atoms with Gasteiger partial charge < -0.3 is 14.9 Å². The van der Waals surface area contributed by atoms with E-state index in [4.69, 9.17) is 9.97 Å². The Morgan fingerprint density at radius 1 is 1.10 bits per heavy atom. The van der Waals surface area contributed by atoms with E-state index in [9.17, 15) is 14.7 Å². The molecule has 4 heterocycles. The molecule has 0 aromatic carbocycles. The number of nitrogens with zero attached hydrogens (tertiary/aromatic N) is 6. The second-order valence-electron chi connectivity index (χ2n) is 8.04. The van der Waals surface area contributed by atoms with E-state index < -0.39 is 11.9 Å². The summed E-state index contributed by atoms with van der Waals surface area (Å²) < 4.78 is 3.40. The number of carboxylic acids is 1. The quantitative estimate of drug-likeness (QED) is 0.759. The van der Waals surface area contributed by atoms with Crippen molar-refractivity contribution >= 4 is 29.0 Å². The maximum Gasteiger partial charge on any atom is 0.308 e. The molecule has 0 amide bonds. The molecule has 2 fully saturated rings. The number of carbonyl (C=O) groups is 1. The van der Waals surface area contributed by atoms with Gasteiger partial charge in [0.05, 0.1) is 12.5 Å². The van der Waals surface area contributed by atoms with Crippen molar-refractivity contribution in [3.8, 4) is 11.8 Å². The smallest absolute Gasteiger partial charge is 0.308 e. The molecule has 2 aromatic rings. The second-order valence-corrected chi connectivity index (χ2v) is 8.04. The maximum absolute atomic E-state index is 13.3. The Hall–Kier alpha value is -3.02. The molecular formula is C21H28N6O3. The first-order valence-corrected chi connectivity index (χ1v) is 10.6. The standard InChI is InChI=1S/C21H28N6O3/c1-3-4-13-27-16-17(23-21(27)25-10-6-5-7-11-25)22-20(24(2)18(16)28)26-12-8-9-15(14-26)19(29)30/h15H,5-14H2,1-2H3,(H,29,30). The lowest BCUT2D eigenvalue weighted by atomic mass is 9.99. The van der Waals surface area contributed by atoms with Crippen molar-refractivity contribution in [1.29, 1.82) is 0 Å². The molecule has 1 atom stereocenters. The summed E-state index contributed by atoms with van der Waals surface area (Å²) in [7, 11) is 1.69. The molecular weight excluding hydrogens is 384 g/mol. The van der Waals surface area contributed by atoms with Gasteiger partial charge in [0.1, 0.15) is 0 Å². The van der Waals surface area contributed by atoms with Crippen molar-refractivity contribution < 1.29 is 9.90 Å². The number of hydrogen-bond acceptors (Lipinski definition) is 6. The zero-order valence-electron chi connectivity index (χ0n) is 17.6. The fraction of sp³-hybridized carbons (Fsp3) is 0.619. The molecule has 2 aliphatic heterocycles. The average Bonchev–Trinajstić information content (AvgIpc) is 3.14. The van der Waals surface area contributed by atoms with Crippen molar-refractivity contribution in [1.82, 2.24) is 19.1 Å². The molecule has 1 unspecified atom stereocenters. The van der Waals surface area contributed by atoms with Crippen LogP contribution in [-0.4, -0.2) is 56.4 Å². The topological polar surface area (TPSA) is 96.5 Å². The molecule has 2 aromatic heterocycles. The number of rotatable bonds is 4. The summed E-state index contributed by atoms with van der Waals surface area (Å²) in [6.45, 7) is 5.01. The predicted molar refractivity (Wildman–Crippen MR) is 115 cm³/mol. The molecule has 0 spiro atoms. The molecule has 1 N–H and O–H groups in total. The van der Waals surface area contributed by atoms with Crippen LogP contribution in [0.1, 0.15) is 39.0 Å². The molecule has 160 valence electrons. The fourth-order valence-electron chi connectivity index (χ4n) is 4.42. The van der Waals surface area contributed by atoms with Gasteiger partial charge in [0, 0.05) is 33.2 Å². The van der Waals surface area contributed by atoms with Crippen LogP contribution >= 0.6 is 0 Å². The first kappa shape index (κ1) is 20.3. The van der Waals surface area contributed by atoms with E-state index in [1.165, 1.54) is 11.0 Å². The van der Waals surface area contributed by atoms with Gasteiger partial charge >= 0.3 is 5.97 Å². The summed E-state index contributed by atoms with van der Waals surface area (Å²) in [5.41, 5.74) is 0.682. The number of imidazole rings is 1. The number of piperidine rings is 2. The number of fused-ring (bicyclic) bond motifs is 1. The van der Waals surface area contributed by atoms with Gasteiger partial charge in [-0.1, -0.05) is 5.92 Å². The van der Waals surface area contributed by atoms with Gasteiger partial charge in [0.2, 0.25) is 11.9 Å². The van der Waals surface area contributed by atoms with Gasteiger partial charge in [-0.25, -0.2) is 0 Å². The van der Waals surface area contributed by atoms with E-state index in [0.717, 1.165) is 38.3 Å². The normalized spacial score (nSPS) is 19.6. The molecule has 0 saturated carbocycles. The first-order chi connectivity index (χ1) is 14.5. The highest BCUT2D eigenvalue weighted by atomic mass is 16.4. The summed E-state index contributed by atoms with van der Waals surface area (Å²) in [5.74, 6) is 5.93. The van der Waals surface area contributed by atoms with E-state index in [-0.39, 0.29) is 5.56 Å². The molecule has 9 heteroatoms. The van der Waals surface area contributed by atoms with Crippen LogP contribution in [0.4, 0.5) is 11.9 Å². The molecule has 0 bridgehead atoms. The Balaban J connectivity index is 1.81. The minimum absolute atomic E-state index is 0.180. The third-order valence-corrected chi connectivity index (χ3v) is 6.05. The van der Waals surface area contributed by atoms with Crippen LogP contribution in [-0.2, 0) is 18.4 Å². The Kier molecular flexibility index (Phi) is 5.66. The summed E-state index contributed by atoms with van der Waals surface area (Å²) in [4.78, 5) is 38.4. The Morgan fingerprint density at radius 3 is 2.50 bits per heavy atom. The van der Waals surface area contributed by atoms with Crippen molar-refractivity contribution in [2.45, 2.75) is 45.6 Å². The Morgan fingerprint density at radius 2 is 1.80 bits per heavy atom. The average molecular weight is 412 g/mol. The highest BCUT2D eigenvalue weighted by Crippen LogP contribution is 2.26. The lowest BCUT2D eigenvalue weighted by Gasteiger charge is -2.32. The minimum atomic E-state index is -0.805. The maximum atomic E-state index is 13.3. The van der Waals surface area contributed by atoms with Crippen LogP contribution in [0.25, 0.3) is 11.2 Å². The first-order valence-electron chi connectivity index (χ1n) is 10.6. The monoisotopic (exact) mass is 412 g/mol. The third kappa shape index (κ3) is 3.62. The molecule has 30 heavy (non-hydrogen) atoms. The van der Waals surface area contributed by atoms with Crippen LogP contribution in [0.2, 0.25) is 0 Å². The SMILES string of the molecule is CC#CCn1c(N2CCCCC2)nc2nc(N3CCCC(C(=O)O)C3)n(C)c(=O)c21. The highest BCUT2D eigenvalue weighted by molar-refractivity contribution is 5.76. The van der Waals surface area contributed by atoms with Crippen molar-refractivity contribution in [2.24, 2.45) is 13.0 Å². The summed E-state index contributed by atoms with van der Waals surface area (Å²) in [6, 6.07) is 0. The van der Waals surface area contributed by atoms with Gasteiger partial charge in [-0.05, 0) is 39.0 Å². The van der Waals surface area contributed by atoms with Gasteiger partial charge in [-0.3, -0.25) is 18.7 Å². The van der Waals surface area contributed by atoms with Crippen LogP contribution in [0, 0.1) is 17.8 Å². The number of carboxylic acid groups (broad SMARTS) is 1. The molecule has 4 rings (SSSR count). The van der Waals surface area contributed by atoms with E-state index in [1.807, 2.05) is 9.47 Å². The van der Waals surface area contributed by atoms with Crippen molar-refractivity contribution in [3.63, 3.8) is 0 Å². The number of anilines is 2. The van der Waals surface area contributed by atoms with Crippen LogP contribution in [0.5, 0.6) is 0 Å². The molecule has 0 aliphatic carbocycles. The van der Waals surface area contributed by atoms with Crippen molar-refractivity contribution in [2.75, 3.05) is 36.0 Å². The van der Waals surface area contributed by atoms with Crippen LogP contribution in [0.15, 0.2) is 4.79 Å². The van der Waals surface area contributed by atoms with E-state index in [0.29, 0.717) is 43.2 Å². The van der Waals surface area contributed by atoms with E-state index in [1.54, 1.807) is 14.0 Å². The van der Waals surface area contributed by atoms with Gasteiger partial charge in [0.25, 0.3) is 5.56 Å². The van der Waals surface area contributed by atoms with E-state index in [2.05, 4.69) is 16.7 Å². The summed E-state index contributed by atoms with van der Waals surface area (Å²) in [6.07, 6.45) is 4.80. The summed E-state index contributed by atoms with van der Waals surface area (Å²) in [5, 5.41) is 9.42. The highest BCUT2D eigenvalue weighted by Gasteiger charge is 2.29.